The zero-order valence-electron chi connectivity index (χ0n) is 17.0. The Balaban J connectivity index is 2.03. The summed E-state index contributed by atoms with van der Waals surface area (Å²) in [6.45, 7) is 4.44. The molecule has 0 bridgehead atoms. The first-order chi connectivity index (χ1) is 14.2. The first kappa shape index (κ1) is 23.3. The molecule has 0 saturated carbocycles. The monoisotopic (exact) mass is 433 g/mol. The van der Waals surface area contributed by atoms with Crippen LogP contribution in [-0.2, 0) is 22.7 Å². The lowest BCUT2D eigenvalue weighted by atomic mass is 10.0. The van der Waals surface area contributed by atoms with Gasteiger partial charge in [-0.2, -0.15) is 0 Å². The molecule has 0 radical (unpaired) electrons. The van der Waals surface area contributed by atoms with Gasteiger partial charge in [0.1, 0.15) is 6.04 Å². The summed E-state index contributed by atoms with van der Waals surface area (Å²) in [6, 6.07) is 10.4. The van der Waals surface area contributed by atoms with E-state index in [1.165, 1.54) is 12.1 Å². The molecule has 0 saturated heterocycles. The van der Waals surface area contributed by atoms with Crippen LogP contribution in [0.25, 0.3) is 0 Å². The molecule has 2 aromatic rings. The van der Waals surface area contributed by atoms with Crippen LogP contribution in [0, 0.1) is 16.0 Å². The SMILES string of the molecule is COCc1ccc(CNC(=O)C(NC(=O)c2ccc([N+](=O)[O-])cc2Cl)C(C)C)cc1. The second-order valence-electron chi connectivity index (χ2n) is 7.08. The number of halogens is 1. The van der Waals surface area contributed by atoms with Crippen molar-refractivity contribution in [3.8, 4) is 0 Å². The molecule has 0 heterocycles. The molecule has 0 aliphatic rings. The molecule has 30 heavy (non-hydrogen) atoms. The van der Waals surface area contributed by atoms with Crippen LogP contribution in [0.4, 0.5) is 5.69 Å². The Morgan fingerprint density at radius 3 is 2.30 bits per heavy atom. The number of nitrogens with one attached hydrogen (secondary N) is 2. The molecule has 0 fully saturated rings. The van der Waals surface area contributed by atoms with Gasteiger partial charge in [0.25, 0.3) is 11.6 Å². The van der Waals surface area contributed by atoms with E-state index in [0.717, 1.165) is 17.2 Å². The lowest BCUT2D eigenvalue weighted by molar-refractivity contribution is -0.384. The number of carbonyl (C=O) groups is 2. The maximum atomic E-state index is 12.7. The predicted octanol–water partition coefficient (Wildman–Crippen LogP) is 3.47. The van der Waals surface area contributed by atoms with Gasteiger partial charge in [0.15, 0.2) is 0 Å². The van der Waals surface area contributed by atoms with Crippen molar-refractivity contribution in [3.63, 3.8) is 0 Å². The zero-order chi connectivity index (χ0) is 22.3. The van der Waals surface area contributed by atoms with E-state index in [1.807, 2.05) is 38.1 Å². The summed E-state index contributed by atoms with van der Waals surface area (Å²) in [5.41, 5.74) is 1.79. The molecule has 1 unspecified atom stereocenters. The first-order valence-corrected chi connectivity index (χ1v) is 9.70. The Bertz CT molecular complexity index is 915. The Hall–Kier alpha value is -2.97. The van der Waals surface area contributed by atoms with Crippen molar-refractivity contribution in [2.24, 2.45) is 5.92 Å². The predicted molar refractivity (Wildman–Crippen MR) is 113 cm³/mol. The van der Waals surface area contributed by atoms with Gasteiger partial charge in [0, 0.05) is 25.8 Å². The normalized spacial score (nSPS) is 11.8. The van der Waals surface area contributed by atoms with Crippen molar-refractivity contribution in [1.29, 1.82) is 0 Å². The van der Waals surface area contributed by atoms with Crippen molar-refractivity contribution in [3.05, 3.63) is 74.3 Å². The van der Waals surface area contributed by atoms with E-state index >= 15 is 0 Å². The molecule has 0 aliphatic heterocycles. The van der Waals surface area contributed by atoms with Gasteiger partial charge in [0.2, 0.25) is 5.91 Å². The number of hydrogen-bond acceptors (Lipinski definition) is 5. The lowest BCUT2D eigenvalue weighted by Crippen LogP contribution is -2.49. The summed E-state index contributed by atoms with van der Waals surface area (Å²) in [5.74, 6) is -1.10. The molecular formula is C21H24ClN3O5. The number of hydrogen-bond donors (Lipinski definition) is 2. The van der Waals surface area contributed by atoms with Crippen LogP contribution in [0.3, 0.4) is 0 Å². The number of benzene rings is 2. The number of carbonyl (C=O) groups excluding carboxylic acids is 2. The van der Waals surface area contributed by atoms with E-state index in [4.69, 9.17) is 16.3 Å². The van der Waals surface area contributed by atoms with E-state index in [9.17, 15) is 19.7 Å². The maximum absolute atomic E-state index is 12.7. The molecule has 160 valence electrons. The second kappa shape index (κ2) is 10.7. The highest BCUT2D eigenvalue weighted by molar-refractivity contribution is 6.34. The van der Waals surface area contributed by atoms with Crippen molar-refractivity contribution < 1.29 is 19.2 Å². The highest BCUT2D eigenvalue weighted by Gasteiger charge is 2.26. The number of amides is 2. The van der Waals surface area contributed by atoms with Crippen molar-refractivity contribution in [1.82, 2.24) is 10.6 Å². The molecule has 2 N–H and O–H groups in total. The summed E-state index contributed by atoms with van der Waals surface area (Å²) in [7, 11) is 1.62. The number of non-ortho nitro benzene ring substituents is 1. The van der Waals surface area contributed by atoms with Gasteiger partial charge in [-0.1, -0.05) is 49.7 Å². The molecule has 0 aromatic heterocycles. The van der Waals surface area contributed by atoms with Crippen LogP contribution >= 0.6 is 11.6 Å². The van der Waals surface area contributed by atoms with Crippen LogP contribution in [-0.4, -0.2) is 29.9 Å². The Morgan fingerprint density at radius 2 is 1.77 bits per heavy atom. The lowest BCUT2D eigenvalue weighted by Gasteiger charge is -2.22. The number of nitro groups is 1. The van der Waals surface area contributed by atoms with Crippen LogP contribution in [0.5, 0.6) is 0 Å². The van der Waals surface area contributed by atoms with Crippen molar-refractivity contribution >= 4 is 29.1 Å². The smallest absolute Gasteiger partial charge is 0.270 e. The number of nitrogens with zero attached hydrogens (tertiary/aromatic N) is 1. The Labute approximate surface area is 179 Å². The van der Waals surface area contributed by atoms with Gasteiger partial charge >= 0.3 is 0 Å². The van der Waals surface area contributed by atoms with Gasteiger partial charge in [-0.3, -0.25) is 19.7 Å². The third-order valence-electron chi connectivity index (χ3n) is 4.44. The minimum Gasteiger partial charge on any atom is -0.380 e. The number of methoxy groups -OCH3 is 1. The molecule has 2 amide bonds. The number of nitro benzene ring substituents is 1. The van der Waals surface area contributed by atoms with Crippen molar-refractivity contribution in [2.45, 2.75) is 33.0 Å². The Kier molecular flexibility index (Phi) is 8.32. The third kappa shape index (κ3) is 6.27. The summed E-state index contributed by atoms with van der Waals surface area (Å²) >= 11 is 6.01. The van der Waals surface area contributed by atoms with Crippen molar-refractivity contribution in [2.75, 3.05) is 7.11 Å². The molecule has 9 heteroatoms. The highest BCUT2D eigenvalue weighted by Crippen LogP contribution is 2.22. The molecule has 8 nitrogen and oxygen atoms in total. The average Bonchev–Trinajstić information content (AvgIpc) is 2.70. The van der Waals surface area contributed by atoms with Gasteiger partial charge in [-0.05, 0) is 23.1 Å². The topological polar surface area (TPSA) is 111 Å². The quantitative estimate of drug-likeness (QED) is 0.464. The average molecular weight is 434 g/mol. The fraction of sp³-hybridized carbons (Fsp3) is 0.333. The standard InChI is InChI=1S/C21H24ClN3O5/c1-13(2)19(21(27)23-11-14-4-6-15(7-5-14)12-30-3)24-20(26)17-9-8-16(25(28)29)10-18(17)22/h4-10,13,19H,11-12H2,1-3H3,(H,23,27)(H,24,26). The zero-order valence-corrected chi connectivity index (χ0v) is 17.7. The number of rotatable bonds is 9. The van der Waals surface area contributed by atoms with E-state index in [-0.39, 0.29) is 28.1 Å². The fourth-order valence-electron chi connectivity index (χ4n) is 2.77. The highest BCUT2D eigenvalue weighted by atomic mass is 35.5. The summed E-state index contributed by atoms with van der Waals surface area (Å²) < 4.78 is 5.07. The third-order valence-corrected chi connectivity index (χ3v) is 4.76. The minimum absolute atomic E-state index is 0.0548. The molecule has 0 spiro atoms. The largest absolute Gasteiger partial charge is 0.380 e. The molecule has 0 aliphatic carbocycles. The fourth-order valence-corrected chi connectivity index (χ4v) is 3.04. The summed E-state index contributed by atoms with van der Waals surface area (Å²) in [6.07, 6.45) is 0. The summed E-state index contributed by atoms with van der Waals surface area (Å²) in [5, 5.41) is 16.2. The maximum Gasteiger partial charge on any atom is 0.270 e. The Morgan fingerprint density at radius 1 is 1.13 bits per heavy atom. The molecule has 2 aromatic carbocycles. The first-order valence-electron chi connectivity index (χ1n) is 9.32. The van der Waals surface area contributed by atoms with E-state index in [0.29, 0.717) is 13.2 Å². The van der Waals surface area contributed by atoms with Gasteiger partial charge in [-0.15, -0.1) is 0 Å². The van der Waals surface area contributed by atoms with Crippen LogP contribution in [0.15, 0.2) is 42.5 Å². The van der Waals surface area contributed by atoms with E-state index < -0.39 is 16.9 Å². The van der Waals surface area contributed by atoms with Gasteiger partial charge < -0.3 is 15.4 Å². The molecule has 2 rings (SSSR count). The van der Waals surface area contributed by atoms with E-state index in [1.54, 1.807) is 7.11 Å². The number of ether oxygens (including phenoxy) is 1. The molecule has 1 atom stereocenters. The van der Waals surface area contributed by atoms with Gasteiger partial charge in [-0.25, -0.2) is 0 Å². The van der Waals surface area contributed by atoms with Gasteiger partial charge in [0.05, 0.1) is 22.1 Å². The van der Waals surface area contributed by atoms with Crippen LogP contribution < -0.4 is 10.6 Å². The summed E-state index contributed by atoms with van der Waals surface area (Å²) in [4.78, 5) is 35.5. The van der Waals surface area contributed by atoms with Crippen LogP contribution in [0.1, 0.15) is 35.3 Å². The molecular weight excluding hydrogens is 410 g/mol. The minimum atomic E-state index is -0.795. The second-order valence-corrected chi connectivity index (χ2v) is 7.49. The van der Waals surface area contributed by atoms with Crippen LogP contribution in [0.2, 0.25) is 5.02 Å². The van der Waals surface area contributed by atoms with E-state index in [2.05, 4.69) is 10.6 Å².